The van der Waals surface area contributed by atoms with Gasteiger partial charge >= 0.3 is 15.8 Å². The second kappa shape index (κ2) is 11.3. The van der Waals surface area contributed by atoms with Crippen LogP contribution in [0.25, 0.3) is 0 Å². The van der Waals surface area contributed by atoms with Gasteiger partial charge in [0.1, 0.15) is 0 Å². The first-order valence-corrected chi connectivity index (χ1v) is 3.39. The molecule has 0 aromatic rings. The molecule has 0 spiro atoms. The summed E-state index contributed by atoms with van der Waals surface area (Å²) >= 11 is 0. The van der Waals surface area contributed by atoms with Crippen molar-refractivity contribution < 1.29 is 28.0 Å². The highest BCUT2D eigenvalue weighted by atomic mass is 31.1. The molecule has 2 N–H and O–H groups in total. The predicted molar refractivity (Wildman–Crippen MR) is 26.8 cm³/mol. The Morgan fingerprint density at radius 2 is 0.778 bits per heavy atom. The van der Waals surface area contributed by atoms with E-state index in [1.165, 1.54) is 0 Å². The maximum Gasteiger partial charge on any atom is 0.465 e. The molecule has 0 aliphatic rings. The van der Waals surface area contributed by atoms with Crippen LogP contribution in [-0.2, 0) is 18.3 Å². The monoisotopic (exact) mass is 184 g/mol. The van der Waals surface area contributed by atoms with Gasteiger partial charge in [0.25, 0.3) is 0 Å². The van der Waals surface area contributed by atoms with Crippen molar-refractivity contribution in [2.75, 3.05) is 0 Å². The Hall–Kier alpha value is 0.486. The number of hydrogen-bond acceptors (Lipinski definition) is 4. The molecule has 0 saturated heterocycles. The van der Waals surface area contributed by atoms with Crippen LogP contribution >= 0.6 is 15.8 Å². The van der Waals surface area contributed by atoms with Crippen molar-refractivity contribution in [2.45, 2.75) is 0 Å². The Bertz CT molecular complexity index is 128. The molecule has 0 aliphatic heterocycles. The van der Waals surface area contributed by atoms with E-state index in [4.69, 9.17) is 28.0 Å². The van der Waals surface area contributed by atoms with E-state index in [-0.39, 0.29) is 23.1 Å². The average molecular weight is 184 g/mol. The molecule has 0 bridgehead atoms. The molecule has 0 aromatic carbocycles. The first-order valence-electron chi connectivity index (χ1n) is 1.13. The van der Waals surface area contributed by atoms with Gasteiger partial charge in [-0.25, -0.2) is 18.3 Å². The maximum absolute atomic E-state index is 8.59. The van der Waals surface area contributed by atoms with Crippen LogP contribution in [0.2, 0.25) is 0 Å². The Morgan fingerprint density at radius 1 is 0.778 bits per heavy atom. The molecular formula is H2MgO6P2. The Morgan fingerprint density at radius 3 is 0.778 bits per heavy atom. The van der Waals surface area contributed by atoms with Crippen LogP contribution in [0, 0.1) is 0 Å². The summed E-state index contributed by atoms with van der Waals surface area (Å²) in [4.78, 5) is 14.0. The van der Waals surface area contributed by atoms with Gasteiger partial charge in [0.2, 0.25) is 0 Å². The minimum Gasteiger partial charge on any atom is -0.287 e. The summed E-state index contributed by atoms with van der Waals surface area (Å²) in [5, 5.41) is 0. The van der Waals surface area contributed by atoms with Gasteiger partial charge in [-0.15, -0.1) is 0 Å². The lowest BCUT2D eigenvalue weighted by Gasteiger charge is -1.35. The molecule has 50 valence electrons. The fourth-order valence-corrected chi connectivity index (χ4v) is 0. The minimum absolute atomic E-state index is 0. The molecule has 6 nitrogen and oxygen atoms in total. The second-order valence-electron chi connectivity index (χ2n) is 0.476. The maximum atomic E-state index is 8.59. The molecule has 0 fully saturated rings. The van der Waals surface area contributed by atoms with Gasteiger partial charge in [-0.1, -0.05) is 0 Å². The number of hydrogen-bond donors (Lipinski definition) is 2. The smallest absolute Gasteiger partial charge is 0.287 e. The molecule has 0 saturated carbocycles. The van der Waals surface area contributed by atoms with Crippen LogP contribution in [0.5, 0.6) is 0 Å². The second-order valence-corrected chi connectivity index (χ2v) is 1.43. The fraction of sp³-hybridized carbons (Fsp3) is 0. The lowest BCUT2D eigenvalue weighted by molar-refractivity contribution is 0.432. The third-order valence-corrected chi connectivity index (χ3v) is 0. The van der Waals surface area contributed by atoms with Crippen molar-refractivity contribution >= 4 is 38.9 Å². The molecule has 0 amide bonds. The Kier molecular flexibility index (Phi) is 20.4. The summed E-state index contributed by atoms with van der Waals surface area (Å²) in [5.41, 5.74) is 0. The molecular weight excluding hydrogens is 182 g/mol. The topological polar surface area (TPSA) is 109 Å². The van der Waals surface area contributed by atoms with Crippen LogP contribution in [0.3, 0.4) is 0 Å². The van der Waals surface area contributed by atoms with E-state index in [0.29, 0.717) is 0 Å². The average Bonchev–Trinajstić information content (AvgIpc) is 1.25. The molecule has 0 aliphatic carbocycles. The third-order valence-electron chi connectivity index (χ3n) is 0. The van der Waals surface area contributed by atoms with Crippen molar-refractivity contribution in [3.8, 4) is 0 Å². The SMILES string of the molecule is O=P(=O)O.O=P(=O)O.[Mg]. The van der Waals surface area contributed by atoms with E-state index in [1.807, 2.05) is 0 Å². The zero-order chi connectivity index (χ0) is 7.15. The minimum atomic E-state index is -3.12. The fourth-order valence-electron chi connectivity index (χ4n) is 0. The van der Waals surface area contributed by atoms with Crippen molar-refractivity contribution in [3.05, 3.63) is 0 Å². The van der Waals surface area contributed by atoms with Crippen molar-refractivity contribution in [3.63, 3.8) is 0 Å². The zero-order valence-corrected chi connectivity index (χ0v) is 7.33. The van der Waals surface area contributed by atoms with E-state index in [9.17, 15) is 0 Å². The summed E-state index contributed by atoms with van der Waals surface area (Å²) in [6.45, 7) is 0. The van der Waals surface area contributed by atoms with E-state index in [1.54, 1.807) is 0 Å². The van der Waals surface area contributed by atoms with Crippen LogP contribution in [-0.4, -0.2) is 32.8 Å². The lowest BCUT2D eigenvalue weighted by Crippen LogP contribution is -1.19. The molecule has 0 rings (SSSR count). The first-order chi connectivity index (χ1) is 3.46. The van der Waals surface area contributed by atoms with Crippen LogP contribution in [0.1, 0.15) is 0 Å². The molecule has 0 aromatic heterocycles. The number of rotatable bonds is 0. The Labute approximate surface area is 67.2 Å². The van der Waals surface area contributed by atoms with Crippen molar-refractivity contribution in [1.29, 1.82) is 0 Å². The van der Waals surface area contributed by atoms with E-state index >= 15 is 0 Å². The highest BCUT2D eigenvalue weighted by Crippen LogP contribution is 1.84. The Balaban J connectivity index is -0.0000000720. The van der Waals surface area contributed by atoms with E-state index in [0.717, 1.165) is 0 Å². The first kappa shape index (κ1) is 16.2. The van der Waals surface area contributed by atoms with Gasteiger partial charge in [0, 0.05) is 23.1 Å². The molecule has 0 unspecified atom stereocenters. The zero-order valence-electron chi connectivity index (χ0n) is 4.13. The summed E-state index contributed by atoms with van der Waals surface area (Å²) in [7, 11) is -6.24. The highest BCUT2D eigenvalue weighted by Gasteiger charge is 1.57. The van der Waals surface area contributed by atoms with Gasteiger partial charge in [-0.05, 0) is 0 Å². The summed E-state index contributed by atoms with van der Waals surface area (Å²) in [6.07, 6.45) is 0. The normalized spacial score (nSPS) is 5.56. The highest BCUT2D eigenvalue weighted by molar-refractivity contribution is 7.23. The van der Waals surface area contributed by atoms with Crippen LogP contribution < -0.4 is 0 Å². The van der Waals surface area contributed by atoms with Gasteiger partial charge < -0.3 is 0 Å². The van der Waals surface area contributed by atoms with E-state index < -0.39 is 15.8 Å². The van der Waals surface area contributed by atoms with Crippen molar-refractivity contribution in [2.24, 2.45) is 0 Å². The molecule has 0 atom stereocenters. The largest absolute Gasteiger partial charge is 0.465 e. The predicted octanol–water partition coefficient (Wildman–Crippen LogP) is -0.248. The standard InChI is InChI=1S/Mg.2HO3P/c;2*1-4(2)3/h;2*(H,1,2,3). The van der Waals surface area contributed by atoms with Gasteiger partial charge in [0.05, 0.1) is 0 Å². The molecule has 0 heterocycles. The molecule has 2 radical (unpaired) electrons. The summed E-state index contributed by atoms with van der Waals surface area (Å²) < 4.78 is 34.4. The third kappa shape index (κ3) is 1510. The van der Waals surface area contributed by atoms with Crippen LogP contribution in [0.15, 0.2) is 0 Å². The van der Waals surface area contributed by atoms with Gasteiger partial charge in [-0.3, -0.25) is 9.79 Å². The summed E-state index contributed by atoms with van der Waals surface area (Å²) in [6, 6.07) is 0. The van der Waals surface area contributed by atoms with Crippen molar-refractivity contribution in [1.82, 2.24) is 0 Å². The van der Waals surface area contributed by atoms with Gasteiger partial charge in [-0.2, -0.15) is 0 Å². The van der Waals surface area contributed by atoms with Gasteiger partial charge in [0.15, 0.2) is 0 Å². The quantitative estimate of drug-likeness (QED) is 0.397. The lowest BCUT2D eigenvalue weighted by atomic mass is 15.9. The van der Waals surface area contributed by atoms with Crippen LogP contribution in [0.4, 0.5) is 0 Å². The molecule has 9 heavy (non-hydrogen) atoms. The summed E-state index contributed by atoms with van der Waals surface area (Å²) in [5.74, 6) is 0. The van der Waals surface area contributed by atoms with E-state index in [2.05, 4.69) is 0 Å². The molecule has 9 heteroatoms.